The molecule has 10 heteroatoms. The van der Waals surface area contributed by atoms with Crippen LogP contribution in [0.1, 0.15) is 57.4 Å². The van der Waals surface area contributed by atoms with Crippen LogP contribution in [0.3, 0.4) is 0 Å². The smallest absolute Gasteiger partial charge is 0.324 e. The van der Waals surface area contributed by atoms with Gasteiger partial charge in [0.05, 0.1) is 4.90 Å². The molecule has 1 saturated carbocycles. The van der Waals surface area contributed by atoms with Gasteiger partial charge < -0.3 is 10.6 Å². The molecule has 180 valence electrons. The molecule has 2 aliphatic heterocycles. The standard InChI is InChI=1S/C23H32N4O5S/c1-16-9-10-18(33(31,32)26-12-6-3-7-13-26)14-19(16)24-20(28)15-27-21(29)23(25-22(27)30)11-5-4-8-17(23)2/h9-10,14,17H,3-8,11-13,15H2,1-2H3,(H,24,28)(H,25,30). The molecule has 2 unspecified atom stereocenters. The Kier molecular flexibility index (Phi) is 6.50. The number of urea groups is 1. The summed E-state index contributed by atoms with van der Waals surface area (Å²) in [6.07, 6.45) is 5.98. The molecule has 4 rings (SSSR count). The number of imide groups is 1. The zero-order chi connectivity index (χ0) is 23.8. The summed E-state index contributed by atoms with van der Waals surface area (Å²) in [5, 5.41) is 5.54. The molecule has 33 heavy (non-hydrogen) atoms. The maximum absolute atomic E-state index is 13.1. The molecule has 2 saturated heterocycles. The van der Waals surface area contributed by atoms with Gasteiger partial charge in [-0.25, -0.2) is 13.2 Å². The molecular formula is C23H32N4O5S. The third kappa shape index (κ3) is 4.38. The highest BCUT2D eigenvalue weighted by Crippen LogP contribution is 2.38. The Morgan fingerprint density at radius 2 is 1.88 bits per heavy atom. The largest absolute Gasteiger partial charge is 0.325 e. The number of hydrogen-bond donors (Lipinski definition) is 2. The summed E-state index contributed by atoms with van der Waals surface area (Å²) in [5.41, 5.74) is 0.120. The molecule has 1 aromatic carbocycles. The number of aryl methyl sites for hydroxylation is 1. The maximum atomic E-state index is 13.1. The van der Waals surface area contributed by atoms with Crippen LogP contribution in [0.15, 0.2) is 23.1 Å². The summed E-state index contributed by atoms with van der Waals surface area (Å²) >= 11 is 0. The molecule has 2 heterocycles. The quantitative estimate of drug-likeness (QED) is 0.634. The SMILES string of the molecule is Cc1ccc(S(=O)(=O)N2CCCCC2)cc1NC(=O)CN1C(=O)NC2(CCCCC2C)C1=O. The number of nitrogens with zero attached hydrogens (tertiary/aromatic N) is 2. The van der Waals surface area contributed by atoms with Crippen molar-refractivity contribution in [3.8, 4) is 0 Å². The van der Waals surface area contributed by atoms with Crippen molar-refractivity contribution < 1.29 is 22.8 Å². The van der Waals surface area contributed by atoms with Gasteiger partial charge in [0.1, 0.15) is 12.1 Å². The van der Waals surface area contributed by atoms with Crippen molar-refractivity contribution in [3.63, 3.8) is 0 Å². The number of anilines is 1. The first-order chi connectivity index (χ1) is 15.6. The van der Waals surface area contributed by atoms with Crippen LogP contribution >= 0.6 is 0 Å². The normalized spacial score (nSPS) is 26.5. The van der Waals surface area contributed by atoms with E-state index in [0.717, 1.165) is 43.4 Å². The minimum atomic E-state index is -3.65. The fourth-order valence-corrected chi connectivity index (χ4v) is 6.67. The summed E-state index contributed by atoms with van der Waals surface area (Å²) < 4.78 is 27.5. The summed E-state index contributed by atoms with van der Waals surface area (Å²) in [7, 11) is -3.65. The van der Waals surface area contributed by atoms with E-state index in [1.54, 1.807) is 19.1 Å². The number of amides is 4. The molecule has 0 radical (unpaired) electrons. The minimum Gasteiger partial charge on any atom is -0.324 e. The highest BCUT2D eigenvalue weighted by molar-refractivity contribution is 7.89. The molecule has 9 nitrogen and oxygen atoms in total. The van der Waals surface area contributed by atoms with Gasteiger partial charge in [-0.3, -0.25) is 14.5 Å². The number of nitrogens with one attached hydrogen (secondary N) is 2. The number of carbonyl (C=O) groups excluding carboxylic acids is 3. The number of rotatable bonds is 5. The molecule has 1 aromatic rings. The van der Waals surface area contributed by atoms with Crippen molar-refractivity contribution in [3.05, 3.63) is 23.8 Å². The average molecular weight is 477 g/mol. The molecule has 2 atom stereocenters. The van der Waals surface area contributed by atoms with Gasteiger partial charge in [0.15, 0.2) is 0 Å². The molecule has 3 aliphatic rings. The number of carbonyl (C=O) groups is 3. The Morgan fingerprint density at radius 3 is 2.58 bits per heavy atom. The predicted octanol–water partition coefficient (Wildman–Crippen LogP) is 2.61. The third-order valence-corrected chi connectivity index (χ3v) is 9.13. The van der Waals surface area contributed by atoms with Gasteiger partial charge in [-0.05, 0) is 56.2 Å². The molecule has 0 aromatic heterocycles. The lowest BCUT2D eigenvalue weighted by molar-refractivity contribution is -0.136. The summed E-state index contributed by atoms with van der Waals surface area (Å²) in [6.45, 7) is 4.29. The lowest BCUT2D eigenvalue weighted by Gasteiger charge is -2.36. The zero-order valence-corrected chi connectivity index (χ0v) is 20.0. The number of benzene rings is 1. The monoisotopic (exact) mass is 476 g/mol. The van der Waals surface area contributed by atoms with E-state index in [4.69, 9.17) is 0 Å². The van der Waals surface area contributed by atoms with E-state index in [0.29, 0.717) is 30.8 Å². The van der Waals surface area contributed by atoms with Gasteiger partial charge in [-0.2, -0.15) is 4.31 Å². The van der Waals surface area contributed by atoms with Gasteiger partial charge in [0.2, 0.25) is 15.9 Å². The highest BCUT2D eigenvalue weighted by atomic mass is 32.2. The molecule has 3 fully saturated rings. The first-order valence-electron chi connectivity index (χ1n) is 11.7. The van der Waals surface area contributed by atoms with E-state index in [2.05, 4.69) is 10.6 Å². The predicted molar refractivity (Wildman–Crippen MR) is 123 cm³/mol. The van der Waals surface area contributed by atoms with Crippen molar-refractivity contribution in [2.75, 3.05) is 25.0 Å². The van der Waals surface area contributed by atoms with Crippen LogP contribution in [-0.4, -0.2) is 60.6 Å². The van der Waals surface area contributed by atoms with Crippen molar-refractivity contribution in [2.24, 2.45) is 5.92 Å². The van der Waals surface area contributed by atoms with Crippen molar-refractivity contribution in [1.29, 1.82) is 0 Å². The highest BCUT2D eigenvalue weighted by Gasteiger charge is 2.55. The number of piperidine rings is 1. The van der Waals surface area contributed by atoms with E-state index in [1.165, 1.54) is 10.4 Å². The first kappa shape index (κ1) is 23.7. The molecule has 1 spiro atoms. The second-order valence-corrected chi connectivity index (χ2v) is 11.4. The Bertz CT molecular complexity index is 1070. The topological polar surface area (TPSA) is 116 Å². The van der Waals surface area contributed by atoms with Crippen molar-refractivity contribution in [2.45, 2.75) is 69.2 Å². The lowest BCUT2D eigenvalue weighted by Crippen LogP contribution is -2.54. The van der Waals surface area contributed by atoms with Gasteiger partial charge >= 0.3 is 6.03 Å². The second-order valence-electron chi connectivity index (χ2n) is 9.43. The van der Waals surface area contributed by atoms with E-state index in [1.807, 2.05) is 6.92 Å². The van der Waals surface area contributed by atoms with Crippen molar-refractivity contribution in [1.82, 2.24) is 14.5 Å². The third-order valence-electron chi connectivity index (χ3n) is 7.24. The number of sulfonamides is 1. The Morgan fingerprint density at radius 1 is 1.15 bits per heavy atom. The second kappa shape index (κ2) is 9.06. The van der Waals surface area contributed by atoms with Crippen LogP contribution in [0.25, 0.3) is 0 Å². The van der Waals surface area contributed by atoms with Crippen LogP contribution in [0, 0.1) is 12.8 Å². The zero-order valence-electron chi connectivity index (χ0n) is 19.2. The Labute approximate surface area is 194 Å². The molecule has 2 N–H and O–H groups in total. The van der Waals surface area contributed by atoms with Gasteiger partial charge in [-0.1, -0.05) is 32.3 Å². The number of hydrogen-bond acceptors (Lipinski definition) is 5. The van der Waals surface area contributed by atoms with E-state index in [-0.39, 0.29) is 16.7 Å². The van der Waals surface area contributed by atoms with Crippen LogP contribution in [0.2, 0.25) is 0 Å². The van der Waals surface area contributed by atoms with Crippen LogP contribution < -0.4 is 10.6 Å². The summed E-state index contributed by atoms with van der Waals surface area (Å²) in [5.74, 6) is -0.891. The average Bonchev–Trinajstić information content (AvgIpc) is 3.02. The van der Waals surface area contributed by atoms with Crippen LogP contribution in [0.5, 0.6) is 0 Å². The first-order valence-corrected chi connectivity index (χ1v) is 13.1. The lowest BCUT2D eigenvalue weighted by atomic mass is 9.73. The fourth-order valence-electron chi connectivity index (χ4n) is 5.12. The molecule has 4 amide bonds. The van der Waals surface area contributed by atoms with Crippen LogP contribution in [-0.2, 0) is 19.6 Å². The minimum absolute atomic E-state index is 0.00896. The Hall–Kier alpha value is -2.46. The van der Waals surface area contributed by atoms with Gasteiger partial charge in [0, 0.05) is 18.8 Å². The molecular weight excluding hydrogens is 444 g/mol. The maximum Gasteiger partial charge on any atom is 0.325 e. The Balaban J connectivity index is 1.48. The van der Waals surface area contributed by atoms with Crippen LogP contribution in [0.4, 0.5) is 10.5 Å². The molecule has 1 aliphatic carbocycles. The summed E-state index contributed by atoms with van der Waals surface area (Å²) in [4.78, 5) is 39.5. The van der Waals surface area contributed by atoms with E-state index < -0.39 is 34.0 Å². The molecule has 0 bridgehead atoms. The van der Waals surface area contributed by atoms with Gasteiger partial charge in [0.25, 0.3) is 5.91 Å². The van der Waals surface area contributed by atoms with E-state index >= 15 is 0 Å². The van der Waals surface area contributed by atoms with Crippen molar-refractivity contribution >= 4 is 33.6 Å². The summed E-state index contributed by atoms with van der Waals surface area (Å²) in [6, 6.07) is 4.09. The fraction of sp³-hybridized carbons (Fsp3) is 0.609. The van der Waals surface area contributed by atoms with Gasteiger partial charge in [-0.15, -0.1) is 0 Å². The van der Waals surface area contributed by atoms with E-state index in [9.17, 15) is 22.8 Å².